The molecule has 2 aromatic heterocycles. The second-order valence-electron chi connectivity index (χ2n) is 7.53. The fourth-order valence-electron chi connectivity index (χ4n) is 3.78. The fraction of sp³-hybridized carbons (Fsp3) is 0.375. The Labute approximate surface area is 181 Å². The van der Waals surface area contributed by atoms with Crippen LogP contribution in [0.4, 0.5) is 5.69 Å². The summed E-state index contributed by atoms with van der Waals surface area (Å²) in [5.74, 6) is -0.382. The first-order valence-electron chi connectivity index (χ1n) is 10.6. The first kappa shape index (κ1) is 21.2. The summed E-state index contributed by atoms with van der Waals surface area (Å²) in [7, 11) is 1.65. The van der Waals surface area contributed by atoms with Gasteiger partial charge in [0.2, 0.25) is 0 Å². The van der Waals surface area contributed by atoms with Crippen LogP contribution in [0, 0.1) is 0 Å². The average molecular weight is 421 g/mol. The van der Waals surface area contributed by atoms with Gasteiger partial charge in [-0.1, -0.05) is 12.1 Å². The molecule has 3 heterocycles. The van der Waals surface area contributed by atoms with Crippen molar-refractivity contribution in [2.24, 2.45) is 0 Å². The van der Waals surface area contributed by atoms with Gasteiger partial charge in [-0.3, -0.25) is 9.97 Å². The van der Waals surface area contributed by atoms with Crippen LogP contribution in [0.3, 0.4) is 0 Å². The van der Waals surface area contributed by atoms with Crippen molar-refractivity contribution in [3.8, 4) is 11.1 Å². The molecular formula is C24H27N3O4. The molecule has 3 aromatic rings. The molecule has 0 radical (unpaired) electrons. The molecule has 0 bridgehead atoms. The molecule has 1 fully saturated rings. The number of carbonyl (C=O) groups is 1. The van der Waals surface area contributed by atoms with Crippen LogP contribution in [0.15, 0.2) is 42.7 Å². The number of carbonyl (C=O) groups excluding carboxylic acids is 1. The number of hydrogen-bond acceptors (Lipinski definition) is 7. The lowest BCUT2D eigenvalue weighted by atomic mass is 10.0. The summed E-state index contributed by atoms with van der Waals surface area (Å²) in [6.07, 6.45) is 5.39. The maximum atomic E-state index is 12.6. The van der Waals surface area contributed by atoms with Gasteiger partial charge in [-0.05, 0) is 43.5 Å². The number of aromatic nitrogens is 2. The standard InChI is InChI=1S/C24H27N3O4/c1-3-31-24(28)21-13-26-22-9-7-16(17-6-8-18(14-29-2)25-12-17)11-20(22)23(21)27-19-5-4-10-30-15-19/h6-9,11-13,19H,3-5,10,14-15H2,1-2H3,(H,26,27). The molecule has 1 aliphatic heterocycles. The lowest BCUT2D eigenvalue weighted by Crippen LogP contribution is -2.31. The minimum atomic E-state index is -0.382. The molecule has 1 aliphatic rings. The summed E-state index contributed by atoms with van der Waals surface area (Å²) >= 11 is 0. The molecule has 31 heavy (non-hydrogen) atoms. The van der Waals surface area contributed by atoms with Crippen LogP contribution in [0.2, 0.25) is 0 Å². The van der Waals surface area contributed by atoms with Crippen LogP contribution < -0.4 is 5.32 Å². The maximum absolute atomic E-state index is 12.6. The predicted octanol–water partition coefficient (Wildman–Crippen LogP) is 4.21. The van der Waals surface area contributed by atoms with Crippen molar-refractivity contribution in [1.29, 1.82) is 0 Å². The van der Waals surface area contributed by atoms with Crippen molar-refractivity contribution < 1.29 is 19.0 Å². The van der Waals surface area contributed by atoms with E-state index < -0.39 is 0 Å². The molecule has 1 unspecified atom stereocenters. The Morgan fingerprint density at radius 1 is 1.19 bits per heavy atom. The fourth-order valence-corrected chi connectivity index (χ4v) is 3.78. The number of esters is 1. The lowest BCUT2D eigenvalue weighted by Gasteiger charge is -2.26. The Hall–Kier alpha value is -3.03. The van der Waals surface area contributed by atoms with E-state index in [4.69, 9.17) is 14.2 Å². The Kier molecular flexibility index (Phi) is 6.74. The van der Waals surface area contributed by atoms with Crippen molar-refractivity contribution in [3.63, 3.8) is 0 Å². The van der Waals surface area contributed by atoms with Gasteiger partial charge < -0.3 is 19.5 Å². The van der Waals surface area contributed by atoms with E-state index >= 15 is 0 Å². The van der Waals surface area contributed by atoms with Gasteiger partial charge in [-0.25, -0.2) is 4.79 Å². The van der Waals surface area contributed by atoms with E-state index in [2.05, 4.69) is 15.3 Å². The molecule has 162 valence electrons. The second-order valence-corrected chi connectivity index (χ2v) is 7.53. The quantitative estimate of drug-likeness (QED) is 0.572. The Morgan fingerprint density at radius 2 is 2.06 bits per heavy atom. The van der Waals surface area contributed by atoms with Gasteiger partial charge in [0.05, 0.1) is 36.7 Å². The Balaban J connectivity index is 1.77. The van der Waals surface area contributed by atoms with Gasteiger partial charge in [0, 0.05) is 43.1 Å². The van der Waals surface area contributed by atoms with Crippen molar-refractivity contribution in [1.82, 2.24) is 9.97 Å². The van der Waals surface area contributed by atoms with Crippen molar-refractivity contribution >= 4 is 22.6 Å². The topological polar surface area (TPSA) is 82.6 Å². The molecule has 0 spiro atoms. The van der Waals surface area contributed by atoms with Crippen LogP contribution >= 0.6 is 0 Å². The highest BCUT2D eigenvalue weighted by molar-refractivity contribution is 6.06. The highest BCUT2D eigenvalue weighted by Gasteiger charge is 2.21. The number of nitrogens with one attached hydrogen (secondary N) is 1. The van der Waals surface area contributed by atoms with Crippen molar-refractivity contribution in [3.05, 3.63) is 54.0 Å². The molecule has 4 rings (SSSR count). The van der Waals surface area contributed by atoms with Crippen LogP contribution in [0.5, 0.6) is 0 Å². The largest absolute Gasteiger partial charge is 0.462 e. The highest BCUT2D eigenvalue weighted by atomic mass is 16.5. The summed E-state index contributed by atoms with van der Waals surface area (Å²) in [5.41, 5.74) is 4.83. The van der Waals surface area contributed by atoms with Crippen molar-refractivity contribution in [2.75, 3.05) is 32.2 Å². The number of fused-ring (bicyclic) bond motifs is 1. The van der Waals surface area contributed by atoms with Gasteiger partial charge in [-0.15, -0.1) is 0 Å². The number of ether oxygens (including phenoxy) is 3. The maximum Gasteiger partial charge on any atom is 0.341 e. The van der Waals surface area contributed by atoms with Gasteiger partial charge in [-0.2, -0.15) is 0 Å². The minimum absolute atomic E-state index is 0.131. The highest BCUT2D eigenvalue weighted by Crippen LogP contribution is 2.32. The first-order chi connectivity index (χ1) is 15.2. The summed E-state index contributed by atoms with van der Waals surface area (Å²) < 4.78 is 16.1. The van der Waals surface area contributed by atoms with Gasteiger partial charge in [0.15, 0.2) is 0 Å². The smallest absolute Gasteiger partial charge is 0.341 e. The third kappa shape index (κ3) is 4.84. The molecule has 1 atom stereocenters. The monoisotopic (exact) mass is 421 g/mol. The number of methoxy groups -OCH3 is 1. The molecule has 1 aromatic carbocycles. The third-order valence-corrected chi connectivity index (χ3v) is 5.32. The van der Waals surface area contributed by atoms with Crippen LogP contribution in [0.1, 0.15) is 35.8 Å². The lowest BCUT2D eigenvalue weighted by molar-refractivity contribution is 0.0526. The zero-order valence-corrected chi connectivity index (χ0v) is 17.9. The number of hydrogen-bond donors (Lipinski definition) is 1. The first-order valence-corrected chi connectivity index (χ1v) is 10.6. The number of nitrogens with zero attached hydrogens (tertiary/aromatic N) is 2. The SMILES string of the molecule is CCOC(=O)c1cnc2ccc(-c3ccc(COC)nc3)cc2c1NC1CCCOC1. The number of rotatable bonds is 7. The predicted molar refractivity (Wildman–Crippen MR) is 119 cm³/mol. The van der Waals surface area contributed by atoms with E-state index in [0.29, 0.717) is 25.4 Å². The molecule has 7 nitrogen and oxygen atoms in total. The zero-order valence-electron chi connectivity index (χ0n) is 17.9. The molecular weight excluding hydrogens is 394 g/mol. The van der Waals surface area contributed by atoms with E-state index in [9.17, 15) is 4.79 Å². The van der Waals surface area contributed by atoms with E-state index in [-0.39, 0.29) is 12.0 Å². The minimum Gasteiger partial charge on any atom is -0.462 e. The van der Waals surface area contributed by atoms with Crippen LogP contribution in [-0.4, -0.2) is 48.9 Å². The zero-order chi connectivity index (χ0) is 21.6. The summed E-state index contributed by atoms with van der Waals surface area (Å²) in [6, 6.07) is 10.1. The van der Waals surface area contributed by atoms with Crippen LogP contribution in [-0.2, 0) is 20.8 Å². The summed E-state index contributed by atoms with van der Waals surface area (Å²) in [5, 5.41) is 4.41. The van der Waals surface area contributed by atoms with Crippen molar-refractivity contribution in [2.45, 2.75) is 32.4 Å². The second kappa shape index (κ2) is 9.85. The van der Waals surface area contributed by atoms with Gasteiger partial charge >= 0.3 is 5.97 Å². The summed E-state index contributed by atoms with van der Waals surface area (Å²) in [4.78, 5) is 21.6. The van der Waals surface area contributed by atoms with E-state index in [1.54, 1.807) is 20.2 Å². The third-order valence-electron chi connectivity index (χ3n) is 5.32. The average Bonchev–Trinajstić information content (AvgIpc) is 2.80. The molecule has 7 heteroatoms. The molecule has 0 amide bonds. The van der Waals surface area contributed by atoms with Crippen LogP contribution in [0.25, 0.3) is 22.0 Å². The normalized spacial score (nSPS) is 16.3. The number of pyridine rings is 2. The van der Waals surface area contributed by atoms with E-state index in [1.807, 2.05) is 36.5 Å². The molecule has 0 aliphatic carbocycles. The Morgan fingerprint density at radius 3 is 2.77 bits per heavy atom. The van der Waals surface area contributed by atoms with E-state index in [0.717, 1.165) is 52.9 Å². The number of benzene rings is 1. The number of anilines is 1. The van der Waals surface area contributed by atoms with E-state index in [1.165, 1.54) is 0 Å². The van der Waals surface area contributed by atoms with Gasteiger partial charge in [0.25, 0.3) is 0 Å². The molecule has 1 saturated heterocycles. The van der Waals surface area contributed by atoms with Gasteiger partial charge in [0.1, 0.15) is 5.56 Å². The summed E-state index contributed by atoms with van der Waals surface area (Å²) in [6.45, 7) is 3.96. The molecule has 0 saturated carbocycles. The molecule has 1 N–H and O–H groups in total. The Bertz CT molecular complexity index is 1050.